The number of rotatable bonds is 4. The van der Waals surface area contributed by atoms with E-state index < -0.39 is 17.5 Å². The molecule has 3 nitrogen and oxygen atoms in total. The van der Waals surface area contributed by atoms with Gasteiger partial charge in [0.2, 0.25) is 0 Å². The van der Waals surface area contributed by atoms with Gasteiger partial charge in [-0.2, -0.15) is 0 Å². The van der Waals surface area contributed by atoms with Gasteiger partial charge in [0.15, 0.2) is 22.4 Å². The second-order valence-electron chi connectivity index (χ2n) is 4.67. The van der Waals surface area contributed by atoms with Gasteiger partial charge in [-0.05, 0) is 24.7 Å². The van der Waals surface area contributed by atoms with Gasteiger partial charge in [0.25, 0.3) is 0 Å². The molecule has 0 radical (unpaired) electrons. The molecule has 0 saturated carbocycles. The first-order valence-corrected chi connectivity index (χ1v) is 7.19. The van der Waals surface area contributed by atoms with Crippen LogP contribution in [0.5, 0.6) is 0 Å². The lowest BCUT2D eigenvalue weighted by Gasteiger charge is -2.16. The average molecular weight is 311 g/mol. The van der Waals surface area contributed by atoms with Crippen molar-refractivity contribution in [1.82, 2.24) is 14.7 Å². The van der Waals surface area contributed by atoms with Gasteiger partial charge < -0.3 is 5.32 Å². The molecule has 0 spiro atoms. The van der Waals surface area contributed by atoms with Gasteiger partial charge in [-0.25, -0.2) is 18.2 Å². The Morgan fingerprint density at radius 1 is 1.29 bits per heavy atom. The number of hydrogen-bond acceptors (Lipinski definition) is 3. The van der Waals surface area contributed by atoms with Gasteiger partial charge >= 0.3 is 0 Å². The van der Waals surface area contributed by atoms with E-state index in [0.29, 0.717) is 12.0 Å². The summed E-state index contributed by atoms with van der Waals surface area (Å²) >= 11 is 1.51. The van der Waals surface area contributed by atoms with Crippen LogP contribution < -0.4 is 5.32 Å². The van der Waals surface area contributed by atoms with Crippen molar-refractivity contribution in [2.24, 2.45) is 0 Å². The van der Waals surface area contributed by atoms with Gasteiger partial charge in [-0.1, -0.05) is 0 Å². The molecular weight excluding hydrogens is 299 g/mol. The van der Waals surface area contributed by atoms with Crippen molar-refractivity contribution in [2.75, 3.05) is 7.05 Å². The number of nitrogens with zero attached hydrogens (tertiary/aromatic N) is 2. The van der Waals surface area contributed by atoms with Crippen LogP contribution in [0.1, 0.15) is 17.3 Å². The van der Waals surface area contributed by atoms with E-state index in [0.717, 1.165) is 22.8 Å². The molecule has 110 valence electrons. The Bertz CT molecular complexity index is 729. The lowest BCUT2D eigenvalue weighted by atomic mass is 10.0. The first-order chi connectivity index (χ1) is 10.1. The van der Waals surface area contributed by atoms with Crippen LogP contribution >= 0.6 is 11.3 Å². The minimum absolute atomic E-state index is 0.348. The molecule has 1 N–H and O–H groups in total. The molecular formula is C14H12F3N3S. The summed E-state index contributed by atoms with van der Waals surface area (Å²) < 4.78 is 41.6. The third-order valence-electron chi connectivity index (χ3n) is 3.31. The van der Waals surface area contributed by atoms with Crippen LogP contribution in [0.3, 0.4) is 0 Å². The zero-order valence-corrected chi connectivity index (χ0v) is 11.9. The van der Waals surface area contributed by atoms with E-state index in [2.05, 4.69) is 10.3 Å². The van der Waals surface area contributed by atoms with Crippen molar-refractivity contribution in [2.45, 2.75) is 12.5 Å². The number of imidazole rings is 1. The summed E-state index contributed by atoms with van der Waals surface area (Å²) in [6.07, 6.45) is 4.21. The number of hydrogen-bond donors (Lipinski definition) is 1. The van der Waals surface area contributed by atoms with Crippen LogP contribution in [0.2, 0.25) is 0 Å². The maximum absolute atomic E-state index is 13.3. The number of aromatic nitrogens is 2. The molecule has 2 heterocycles. The summed E-state index contributed by atoms with van der Waals surface area (Å²) in [7, 11) is 1.68. The average Bonchev–Trinajstić information content (AvgIpc) is 3.02. The van der Waals surface area contributed by atoms with Gasteiger partial charge in [0.1, 0.15) is 0 Å². The molecule has 1 atom stereocenters. The Labute approximate surface area is 123 Å². The predicted molar refractivity (Wildman–Crippen MR) is 74.9 cm³/mol. The molecule has 7 heteroatoms. The lowest BCUT2D eigenvalue weighted by molar-refractivity contribution is 0.441. The van der Waals surface area contributed by atoms with Crippen LogP contribution in [0.25, 0.3) is 4.96 Å². The Kier molecular flexibility index (Phi) is 3.69. The second-order valence-corrected chi connectivity index (χ2v) is 5.54. The highest BCUT2D eigenvalue weighted by atomic mass is 32.1. The third kappa shape index (κ3) is 2.66. The number of likely N-dealkylation sites (N-methyl/N-ethyl adjacent to an activating group) is 1. The normalized spacial score (nSPS) is 13.0. The standard InChI is InChI=1S/C14H12F3N3S/c1-18-12(8-4-10(15)13(17)11(16)5-8)6-9-7-20-2-3-21-14(20)19-9/h2-5,7,12,18H,6H2,1H3. The highest BCUT2D eigenvalue weighted by Gasteiger charge is 2.18. The number of nitrogens with one attached hydrogen (secondary N) is 1. The van der Waals surface area contributed by atoms with Crippen molar-refractivity contribution in [3.05, 3.63) is 58.6 Å². The van der Waals surface area contributed by atoms with E-state index in [-0.39, 0.29) is 6.04 Å². The molecule has 0 aliphatic rings. The first-order valence-electron chi connectivity index (χ1n) is 6.31. The maximum atomic E-state index is 13.3. The highest BCUT2D eigenvalue weighted by molar-refractivity contribution is 7.15. The van der Waals surface area contributed by atoms with Crippen LogP contribution in [0, 0.1) is 17.5 Å². The molecule has 0 fully saturated rings. The number of halogens is 3. The van der Waals surface area contributed by atoms with Gasteiger partial charge in [-0.3, -0.25) is 4.40 Å². The minimum atomic E-state index is -1.45. The smallest absolute Gasteiger partial charge is 0.194 e. The minimum Gasteiger partial charge on any atom is -0.313 e. The number of benzene rings is 1. The molecule has 0 amide bonds. The number of fused-ring (bicyclic) bond motifs is 1. The fourth-order valence-corrected chi connectivity index (χ4v) is 2.97. The Balaban J connectivity index is 1.89. The molecule has 21 heavy (non-hydrogen) atoms. The SMILES string of the molecule is CNC(Cc1cn2ccsc2n1)c1cc(F)c(F)c(F)c1. The van der Waals surface area contributed by atoms with Crippen LogP contribution in [0.15, 0.2) is 29.9 Å². The summed E-state index contributed by atoms with van der Waals surface area (Å²) in [4.78, 5) is 5.29. The highest BCUT2D eigenvalue weighted by Crippen LogP contribution is 2.23. The zero-order valence-electron chi connectivity index (χ0n) is 11.1. The molecule has 0 bridgehead atoms. The van der Waals surface area contributed by atoms with E-state index in [4.69, 9.17) is 0 Å². The van der Waals surface area contributed by atoms with Crippen molar-refractivity contribution in [3.63, 3.8) is 0 Å². The molecule has 0 aliphatic carbocycles. The van der Waals surface area contributed by atoms with E-state index in [1.165, 1.54) is 11.3 Å². The van der Waals surface area contributed by atoms with Crippen LogP contribution in [-0.2, 0) is 6.42 Å². The molecule has 0 saturated heterocycles. The van der Waals surface area contributed by atoms with Crippen molar-refractivity contribution in [3.8, 4) is 0 Å². The lowest BCUT2D eigenvalue weighted by Crippen LogP contribution is -2.19. The Morgan fingerprint density at radius 3 is 2.62 bits per heavy atom. The summed E-state index contributed by atoms with van der Waals surface area (Å²) in [6.45, 7) is 0. The Hall–Kier alpha value is -1.86. The van der Waals surface area contributed by atoms with E-state index in [1.807, 2.05) is 22.2 Å². The topological polar surface area (TPSA) is 29.3 Å². The molecule has 3 rings (SSSR count). The van der Waals surface area contributed by atoms with E-state index in [9.17, 15) is 13.2 Å². The quantitative estimate of drug-likeness (QED) is 0.749. The molecule has 3 aromatic rings. The van der Waals surface area contributed by atoms with Gasteiger partial charge in [0, 0.05) is 30.2 Å². The van der Waals surface area contributed by atoms with Crippen molar-refractivity contribution < 1.29 is 13.2 Å². The molecule has 0 aliphatic heterocycles. The predicted octanol–water partition coefficient (Wildman–Crippen LogP) is 3.32. The number of thiazole rings is 1. The maximum Gasteiger partial charge on any atom is 0.194 e. The van der Waals surface area contributed by atoms with Crippen molar-refractivity contribution in [1.29, 1.82) is 0 Å². The summed E-state index contributed by atoms with van der Waals surface area (Å²) in [6, 6.07) is 1.68. The monoisotopic (exact) mass is 311 g/mol. The largest absolute Gasteiger partial charge is 0.313 e. The van der Waals surface area contributed by atoms with E-state index in [1.54, 1.807) is 7.05 Å². The Morgan fingerprint density at radius 2 is 2.00 bits per heavy atom. The summed E-state index contributed by atoms with van der Waals surface area (Å²) in [5.74, 6) is -3.82. The van der Waals surface area contributed by atoms with E-state index >= 15 is 0 Å². The molecule has 2 aromatic heterocycles. The van der Waals surface area contributed by atoms with Crippen LogP contribution in [-0.4, -0.2) is 16.4 Å². The van der Waals surface area contributed by atoms with Gasteiger partial charge in [0.05, 0.1) is 5.69 Å². The second kappa shape index (κ2) is 5.50. The fraction of sp³-hybridized carbons (Fsp3) is 0.214. The van der Waals surface area contributed by atoms with Crippen molar-refractivity contribution >= 4 is 16.3 Å². The third-order valence-corrected chi connectivity index (χ3v) is 4.08. The van der Waals surface area contributed by atoms with Crippen LogP contribution in [0.4, 0.5) is 13.2 Å². The molecule has 1 unspecified atom stereocenters. The van der Waals surface area contributed by atoms with Gasteiger partial charge in [-0.15, -0.1) is 11.3 Å². The first kappa shape index (κ1) is 14.1. The molecule has 1 aromatic carbocycles. The summed E-state index contributed by atoms with van der Waals surface area (Å²) in [5.41, 5.74) is 1.15. The zero-order chi connectivity index (χ0) is 15.0. The fourth-order valence-electron chi connectivity index (χ4n) is 2.25. The summed E-state index contributed by atoms with van der Waals surface area (Å²) in [5, 5.41) is 4.90.